The van der Waals surface area contributed by atoms with Crippen LogP contribution in [0.1, 0.15) is 29.2 Å². The number of hydrogen-bond donors (Lipinski definition) is 3. The van der Waals surface area contributed by atoms with E-state index in [-0.39, 0.29) is 6.54 Å². The quantitative estimate of drug-likeness (QED) is 0.516. The Bertz CT molecular complexity index is 1080. The van der Waals surface area contributed by atoms with Crippen molar-refractivity contribution in [1.82, 2.24) is 30.0 Å². The van der Waals surface area contributed by atoms with Crippen molar-refractivity contribution in [2.24, 2.45) is 7.05 Å². The first-order chi connectivity index (χ1) is 15.0. The topological polar surface area (TPSA) is 97.0 Å². The molecule has 3 rings (SSSR count). The Labute approximate surface area is 183 Å². The van der Waals surface area contributed by atoms with Crippen LogP contribution in [0.25, 0.3) is 5.69 Å². The van der Waals surface area contributed by atoms with E-state index in [0.717, 1.165) is 27.2 Å². The molecule has 172 valence electrons. The van der Waals surface area contributed by atoms with Gasteiger partial charge in [0.2, 0.25) is 5.60 Å². The lowest BCUT2D eigenvalue weighted by Crippen LogP contribution is -2.47. The van der Waals surface area contributed by atoms with E-state index in [2.05, 4.69) is 20.7 Å². The highest BCUT2D eigenvalue weighted by Gasteiger charge is 2.57. The van der Waals surface area contributed by atoms with Crippen molar-refractivity contribution < 1.29 is 23.1 Å². The maximum atomic E-state index is 13.5. The average molecular weight is 450 g/mol. The number of imidazole rings is 1. The van der Waals surface area contributed by atoms with Crippen molar-refractivity contribution in [3.05, 3.63) is 65.5 Å². The van der Waals surface area contributed by atoms with Gasteiger partial charge in [-0.3, -0.25) is 0 Å². The molecule has 1 unspecified atom stereocenters. The predicted molar refractivity (Wildman–Crippen MR) is 111 cm³/mol. The third-order valence-electron chi connectivity index (χ3n) is 5.30. The molecule has 0 bridgehead atoms. The number of carbonyl (C=O) groups excluding carboxylic acids is 1. The molecule has 2 heterocycles. The molecule has 0 radical (unpaired) electrons. The summed E-state index contributed by atoms with van der Waals surface area (Å²) in [4.78, 5) is 15.8. The number of nitrogens with zero attached hydrogens (tertiary/aromatic N) is 4. The molecular weight excluding hydrogens is 425 g/mol. The predicted octanol–water partition coefficient (Wildman–Crippen LogP) is 2.86. The van der Waals surface area contributed by atoms with E-state index in [1.807, 2.05) is 44.2 Å². The number of rotatable bonds is 7. The lowest BCUT2D eigenvalue weighted by Gasteiger charge is -2.29. The summed E-state index contributed by atoms with van der Waals surface area (Å²) >= 11 is 0. The van der Waals surface area contributed by atoms with E-state index >= 15 is 0 Å². The maximum absolute atomic E-state index is 13.5. The summed E-state index contributed by atoms with van der Waals surface area (Å²) in [5.74, 6) is -0.535. The fourth-order valence-corrected chi connectivity index (χ4v) is 3.48. The summed E-state index contributed by atoms with van der Waals surface area (Å²) in [6.07, 6.45) is -3.25. The third kappa shape index (κ3) is 4.62. The number of aliphatic hydroxyl groups is 1. The smallest absolute Gasteiger partial charge is 0.374 e. The van der Waals surface area contributed by atoms with Gasteiger partial charge in [-0.1, -0.05) is 18.2 Å². The first kappa shape index (κ1) is 23.3. The van der Waals surface area contributed by atoms with Gasteiger partial charge in [0.15, 0.2) is 0 Å². The van der Waals surface area contributed by atoms with Crippen molar-refractivity contribution in [2.45, 2.75) is 38.6 Å². The molecular formula is C21H25F3N6O2. The number of hydrogen-bond acceptors (Lipinski definition) is 4. The first-order valence-electron chi connectivity index (χ1n) is 9.93. The Morgan fingerprint density at radius 2 is 1.84 bits per heavy atom. The molecule has 2 amide bonds. The molecule has 8 nitrogen and oxygen atoms in total. The largest absolute Gasteiger partial charge is 0.424 e. The lowest BCUT2D eigenvalue weighted by molar-refractivity contribution is -0.272. The highest BCUT2D eigenvalue weighted by molar-refractivity contribution is 5.73. The number of aryl methyl sites for hydroxylation is 2. The Balaban J connectivity index is 1.60. The van der Waals surface area contributed by atoms with Crippen LogP contribution in [0.3, 0.4) is 0 Å². The zero-order chi connectivity index (χ0) is 23.5. The molecule has 1 atom stereocenters. The number of halogens is 3. The minimum atomic E-state index is -4.95. The van der Waals surface area contributed by atoms with Gasteiger partial charge >= 0.3 is 12.2 Å². The van der Waals surface area contributed by atoms with Gasteiger partial charge in [0.25, 0.3) is 0 Å². The van der Waals surface area contributed by atoms with Crippen LogP contribution in [0.5, 0.6) is 0 Å². The molecule has 0 saturated carbocycles. The standard InChI is InChI=1S/C21H25F3N6O2/c1-14-17(15(2)30(28-14)16-7-5-4-6-8-16)13-27-19(31)26-10-9-20(32,21(22,23)24)18-25-11-12-29(18)3/h4-8,11-12,32H,9-10,13H2,1-3H3,(H2,26,27,31). The van der Waals surface area contributed by atoms with E-state index in [4.69, 9.17) is 0 Å². The van der Waals surface area contributed by atoms with E-state index in [9.17, 15) is 23.1 Å². The molecule has 3 N–H and O–H groups in total. The highest BCUT2D eigenvalue weighted by Crippen LogP contribution is 2.40. The van der Waals surface area contributed by atoms with Crippen molar-refractivity contribution in [1.29, 1.82) is 0 Å². The van der Waals surface area contributed by atoms with Crippen molar-refractivity contribution in [3.63, 3.8) is 0 Å². The number of alkyl halides is 3. The minimum absolute atomic E-state index is 0.152. The van der Waals surface area contributed by atoms with Crippen molar-refractivity contribution >= 4 is 6.03 Å². The minimum Gasteiger partial charge on any atom is -0.374 e. The number of urea groups is 1. The first-order valence-corrected chi connectivity index (χ1v) is 9.93. The Hall–Kier alpha value is -3.34. The number of carbonyl (C=O) groups is 1. The summed E-state index contributed by atoms with van der Waals surface area (Å²) in [6, 6.07) is 8.85. The van der Waals surface area contributed by atoms with Gasteiger partial charge in [0.05, 0.1) is 11.4 Å². The number of nitrogens with one attached hydrogen (secondary N) is 2. The molecule has 0 saturated heterocycles. The molecule has 0 aliphatic rings. The molecule has 3 aromatic rings. The number of para-hydroxylation sites is 1. The Morgan fingerprint density at radius 1 is 1.16 bits per heavy atom. The van der Waals surface area contributed by atoms with E-state index in [0.29, 0.717) is 0 Å². The summed E-state index contributed by atoms with van der Waals surface area (Å²) in [5, 5.41) is 19.8. The van der Waals surface area contributed by atoms with Gasteiger partial charge in [-0.05, 0) is 26.0 Å². The number of benzene rings is 1. The maximum Gasteiger partial charge on any atom is 0.424 e. The van der Waals surface area contributed by atoms with Crippen LogP contribution in [0.4, 0.5) is 18.0 Å². The molecule has 32 heavy (non-hydrogen) atoms. The van der Waals surface area contributed by atoms with E-state index in [1.165, 1.54) is 19.4 Å². The van der Waals surface area contributed by atoms with Crippen LogP contribution >= 0.6 is 0 Å². The molecule has 0 aliphatic heterocycles. The molecule has 0 fully saturated rings. The van der Waals surface area contributed by atoms with Gasteiger partial charge < -0.3 is 20.3 Å². The third-order valence-corrected chi connectivity index (χ3v) is 5.30. The summed E-state index contributed by atoms with van der Waals surface area (Å²) in [7, 11) is 1.36. The van der Waals surface area contributed by atoms with Gasteiger partial charge in [0.1, 0.15) is 5.82 Å². The van der Waals surface area contributed by atoms with E-state index in [1.54, 1.807) is 4.68 Å². The average Bonchev–Trinajstić information content (AvgIpc) is 3.29. The van der Waals surface area contributed by atoms with Crippen LogP contribution in [0.2, 0.25) is 0 Å². The van der Waals surface area contributed by atoms with Crippen LogP contribution in [0.15, 0.2) is 42.7 Å². The molecule has 2 aromatic heterocycles. The lowest BCUT2D eigenvalue weighted by atomic mass is 9.97. The zero-order valence-electron chi connectivity index (χ0n) is 17.9. The normalized spacial score (nSPS) is 13.6. The second-order valence-electron chi connectivity index (χ2n) is 7.48. The zero-order valence-corrected chi connectivity index (χ0v) is 17.9. The Kier molecular flexibility index (Phi) is 6.58. The second-order valence-corrected chi connectivity index (χ2v) is 7.48. The van der Waals surface area contributed by atoms with Crippen molar-refractivity contribution in [2.75, 3.05) is 6.54 Å². The Morgan fingerprint density at radius 3 is 2.44 bits per heavy atom. The van der Waals surface area contributed by atoms with Crippen molar-refractivity contribution in [3.8, 4) is 5.69 Å². The second kappa shape index (κ2) is 9.03. The molecule has 11 heteroatoms. The van der Waals surface area contributed by atoms with Gasteiger partial charge in [0, 0.05) is 50.2 Å². The molecule has 0 spiro atoms. The summed E-state index contributed by atoms with van der Waals surface area (Å²) < 4.78 is 43.5. The SMILES string of the molecule is Cc1nn(-c2ccccc2)c(C)c1CNC(=O)NCCC(O)(c1nccn1C)C(F)(F)F. The van der Waals surface area contributed by atoms with Crippen LogP contribution in [-0.2, 0) is 19.2 Å². The highest BCUT2D eigenvalue weighted by atomic mass is 19.4. The number of aromatic nitrogens is 4. The fourth-order valence-electron chi connectivity index (χ4n) is 3.48. The monoisotopic (exact) mass is 450 g/mol. The molecule has 1 aromatic carbocycles. The van der Waals surface area contributed by atoms with Gasteiger partial charge in [-0.2, -0.15) is 18.3 Å². The number of amides is 2. The summed E-state index contributed by atoms with van der Waals surface area (Å²) in [5.41, 5.74) is 0.0825. The molecule has 0 aliphatic carbocycles. The van der Waals surface area contributed by atoms with Crippen LogP contribution in [-0.4, -0.2) is 43.2 Å². The van der Waals surface area contributed by atoms with Crippen LogP contribution < -0.4 is 10.6 Å². The summed E-state index contributed by atoms with van der Waals surface area (Å²) in [6.45, 7) is 3.44. The van der Waals surface area contributed by atoms with Crippen LogP contribution in [0, 0.1) is 13.8 Å². The van der Waals surface area contributed by atoms with Gasteiger partial charge in [-0.25, -0.2) is 14.5 Å². The van der Waals surface area contributed by atoms with Gasteiger partial charge in [-0.15, -0.1) is 0 Å². The van der Waals surface area contributed by atoms with E-state index < -0.39 is 36.6 Å². The fraction of sp³-hybridized carbons (Fsp3) is 0.381.